The first kappa shape index (κ1) is 25.5. The van der Waals surface area contributed by atoms with Gasteiger partial charge in [-0.15, -0.1) is 0 Å². The fourth-order valence-electron chi connectivity index (χ4n) is 4.43. The summed E-state index contributed by atoms with van der Waals surface area (Å²) in [7, 11) is 0. The monoisotopic (exact) mass is 456 g/mol. The third-order valence-electron chi connectivity index (χ3n) is 6.53. The zero-order valence-corrected chi connectivity index (χ0v) is 18.1. The summed E-state index contributed by atoms with van der Waals surface area (Å²) in [5, 5.41) is 68.3. The van der Waals surface area contributed by atoms with E-state index in [2.05, 4.69) is 0 Å². The summed E-state index contributed by atoms with van der Waals surface area (Å²) in [6.45, 7) is -0.391. The molecule has 0 radical (unpaired) electrons. The quantitative estimate of drug-likeness (QED) is 0.238. The highest BCUT2D eigenvalue weighted by molar-refractivity contribution is 5.22. The number of aliphatic hydroxyl groups is 7. The van der Waals surface area contributed by atoms with Crippen molar-refractivity contribution in [2.75, 3.05) is 13.2 Å². The van der Waals surface area contributed by atoms with E-state index in [0.717, 1.165) is 30.4 Å². The van der Waals surface area contributed by atoms with E-state index in [9.17, 15) is 35.7 Å². The summed E-state index contributed by atoms with van der Waals surface area (Å²) in [5.41, 5.74) is 2.27. The lowest BCUT2D eigenvalue weighted by atomic mass is 9.92. The van der Waals surface area contributed by atoms with Gasteiger partial charge in [0.25, 0.3) is 0 Å². The maximum atomic E-state index is 10.1. The second kappa shape index (κ2) is 11.8. The van der Waals surface area contributed by atoms with Gasteiger partial charge in [0.1, 0.15) is 42.7 Å². The fourth-order valence-corrected chi connectivity index (χ4v) is 4.43. The highest BCUT2D eigenvalue weighted by Gasteiger charge is 2.42. The van der Waals surface area contributed by atoms with Crippen LogP contribution in [0.15, 0.2) is 24.3 Å². The molecule has 182 valence electrons. The Morgan fingerprint density at radius 1 is 0.656 bits per heavy atom. The maximum absolute atomic E-state index is 10.1. The van der Waals surface area contributed by atoms with Gasteiger partial charge in [-0.05, 0) is 49.7 Å². The number of aliphatic hydroxyl groups excluding tert-OH is 7. The normalized spacial score (nSPS) is 38.0. The van der Waals surface area contributed by atoms with Crippen LogP contribution in [0.4, 0.5) is 0 Å². The minimum absolute atomic E-state index is 0.0285. The Bertz CT molecular complexity index is 683. The molecular weight excluding hydrogens is 420 g/mol. The van der Waals surface area contributed by atoms with Crippen molar-refractivity contribution >= 4 is 0 Å². The lowest BCUT2D eigenvalue weighted by Gasteiger charge is -2.40. The van der Waals surface area contributed by atoms with Crippen molar-refractivity contribution in [3.05, 3.63) is 35.4 Å². The maximum Gasteiger partial charge on any atom is 0.111 e. The highest BCUT2D eigenvalue weighted by Crippen LogP contribution is 2.25. The number of hydrogen-bond donors (Lipinski definition) is 7. The lowest BCUT2D eigenvalue weighted by Crippen LogP contribution is -2.58. The van der Waals surface area contributed by atoms with E-state index in [4.69, 9.17) is 9.47 Å². The van der Waals surface area contributed by atoms with E-state index in [1.54, 1.807) is 0 Å². The Hall–Kier alpha value is -1.14. The number of ether oxygens (including phenoxy) is 2. The van der Waals surface area contributed by atoms with Gasteiger partial charge in [-0.25, -0.2) is 0 Å². The van der Waals surface area contributed by atoms with Crippen molar-refractivity contribution < 1.29 is 45.2 Å². The molecule has 2 heterocycles. The van der Waals surface area contributed by atoms with Crippen LogP contribution in [0.2, 0.25) is 0 Å². The third kappa shape index (κ3) is 6.25. The van der Waals surface area contributed by atoms with Crippen molar-refractivity contribution in [1.82, 2.24) is 0 Å². The molecule has 32 heavy (non-hydrogen) atoms. The molecular formula is C23H36O9. The first-order valence-electron chi connectivity index (χ1n) is 11.4. The van der Waals surface area contributed by atoms with Crippen LogP contribution in [0.3, 0.4) is 0 Å². The Labute approximate surface area is 187 Å². The molecule has 0 bridgehead atoms. The number of benzene rings is 1. The molecule has 2 aliphatic heterocycles. The molecule has 1 aromatic carbocycles. The van der Waals surface area contributed by atoms with E-state index in [1.807, 2.05) is 24.3 Å². The summed E-state index contributed by atoms with van der Waals surface area (Å²) in [6.07, 6.45) is -4.99. The van der Waals surface area contributed by atoms with E-state index in [1.165, 1.54) is 0 Å². The number of hydrogen-bond acceptors (Lipinski definition) is 9. The molecule has 0 aromatic heterocycles. The molecule has 9 atom stereocenters. The average molecular weight is 457 g/mol. The zero-order valence-electron chi connectivity index (χ0n) is 18.1. The second-order valence-corrected chi connectivity index (χ2v) is 8.89. The van der Waals surface area contributed by atoms with Gasteiger partial charge in [0.15, 0.2) is 0 Å². The Balaban J connectivity index is 1.38. The molecule has 9 nitrogen and oxygen atoms in total. The number of aryl methyl sites for hydroxylation is 2. The van der Waals surface area contributed by atoms with Crippen LogP contribution >= 0.6 is 0 Å². The first-order chi connectivity index (χ1) is 15.3. The van der Waals surface area contributed by atoms with Crippen molar-refractivity contribution in [3.8, 4) is 0 Å². The molecule has 0 aliphatic carbocycles. The molecule has 1 aromatic rings. The molecule has 0 spiro atoms. The lowest BCUT2D eigenvalue weighted by molar-refractivity contribution is -0.230. The van der Waals surface area contributed by atoms with Crippen molar-refractivity contribution in [1.29, 1.82) is 0 Å². The van der Waals surface area contributed by atoms with Gasteiger partial charge in [-0.2, -0.15) is 0 Å². The van der Waals surface area contributed by atoms with Gasteiger partial charge in [0, 0.05) is 0 Å². The van der Waals surface area contributed by atoms with Crippen molar-refractivity contribution in [3.63, 3.8) is 0 Å². The van der Waals surface area contributed by atoms with Crippen LogP contribution in [-0.2, 0) is 22.3 Å². The summed E-state index contributed by atoms with van der Waals surface area (Å²) in [4.78, 5) is 0. The van der Waals surface area contributed by atoms with E-state index >= 15 is 0 Å². The van der Waals surface area contributed by atoms with Gasteiger partial charge < -0.3 is 45.2 Å². The van der Waals surface area contributed by atoms with Gasteiger partial charge in [-0.1, -0.05) is 24.3 Å². The number of rotatable bonds is 9. The first-order valence-corrected chi connectivity index (χ1v) is 11.4. The average Bonchev–Trinajstić information content (AvgIpc) is 2.80. The van der Waals surface area contributed by atoms with Crippen LogP contribution in [0.1, 0.15) is 36.8 Å². The van der Waals surface area contributed by atoms with Gasteiger partial charge in [0.2, 0.25) is 0 Å². The molecule has 2 saturated heterocycles. The molecule has 3 rings (SSSR count). The Morgan fingerprint density at radius 2 is 1.16 bits per heavy atom. The molecule has 9 heteroatoms. The molecule has 2 aliphatic rings. The topological polar surface area (TPSA) is 160 Å². The SMILES string of the molecule is OCC1OC(CCCc2ccc(CCCC3OCC(O)C(O)C3O)cc2)C(O)C(O)C1O. The van der Waals surface area contributed by atoms with Crippen LogP contribution in [-0.4, -0.2) is 104 Å². The van der Waals surface area contributed by atoms with E-state index in [-0.39, 0.29) is 6.61 Å². The van der Waals surface area contributed by atoms with Crippen LogP contribution in [0.5, 0.6) is 0 Å². The standard InChI is InChI=1S/C23H36O9/c24-11-18-22(29)23(30)21(28)17(32-18)6-2-4-14-9-7-13(8-10-14)3-1-5-16-20(27)19(26)15(25)12-31-16/h7-10,15-30H,1-6,11-12H2. The Morgan fingerprint density at radius 3 is 1.72 bits per heavy atom. The second-order valence-electron chi connectivity index (χ2n) is 8.89. The van der Waals surface area contributed by atoms with Gasteiger partial charge in [0.05, 0.1) is 25.4 Å². The summed E-state index contributed by atoms with van der Waals surface area (Å²) < 4.78 is 11.0. The largest absolute Gasteiger partial charge is 0.394 e. The van der Waals surface area contributed by atoms with Crippen molar-refractivity contribution in [2.45, 2.75) is 93.5 Å². The van der Waals surface area contributed by atoms with Crippen molar-refractivity contribution in [2.24, 2.45) is 0 Å². The minimum Gasteiger partial charge on any atom is -0.394 e. The zero-order chi connectivity index (χ0) is 23.3. The van der Waals surface area contributed by atoms with Crippen LogP contribution in [0.25, 0.3) is 0 Å². The van der Waals surface area contributed by atoms with E-state index in [0.29, 0.717) is 19.3 Å². The van der Waals surface area contributed by atoms with Crippen LogP contribution < -0.4 is 0 Å². The minimum atomic E-state index is -1.33. The Kier molecular flexibility index (Phi) is 9.42. The van der Waals surface area contributed by atoms with Crippen LogP contribution in [0, 0.1) is 0 Å². The van der Waals surface area contributed by atoms with Gasteiger partial charge in [-0.3, -0.25) is 0 Å². The molecule has 7 N–H and O–H groups in total. The molecule has 0 saturated carbocycles. The summed E-state index contributed by atoms with van der Waals surface area (Å²) in [5.74, 6) is 0. The highest BCUT2D eigenvalue weighted by atomic mass is 16.5. The molecule has 0 amide bonds. The summed E-state index contributed by atoms with van der Waals surface area (Å²) in [6, 6.07) is 8.16. The molecule has 9 unspecified atom stereocenters. The smallest absolute Gasteiger partial charge is 0.111 e. The van der Waals surface area contributed by atoms with Gasteiger partial charge >= 0.3 is 0 Å². The predicted molar refractivity (Wildman–Crippen MR) is 114 cm³/mol. The predicted octanol–water partition coefficient (Wildman–Crippen LogP) is -1.34. The van der Waals surface area contributed by atoms with E-state index < -0.39 is 61.5 Å². The summed E-state index contributed by atoms with van der Waals surface area (Å²) >= 11 is 0. The fraction of sp³-hybridized carbons (Fsp3) is 0.739. The molecule has 2 fully saturated rings. The third-order valence-corrected chi connectivity index (χ3v) is 6.53.